The number of hydrogen-bond donors (Lipinski definition) is 1. The monoisotopic (exact) mass is 213 g/mol. The van der Waals surface area contributed by atoms with E-state index >= 15 is 0 Å². The van der Waals surface area contributed by atoms with Gasteiger partial charge in [0.15, 0.2) is 5.65 Å². The topological polar surface area (TPSA) is 84.9 Å². The molecule has 6 nitrogen and oxygen atoms in total. The lowest BCUT2D eigenvalue weighted by atomic mass is 10.4. The fourth-order valence-corrected chi connectivity index (χ4v) is 1.37. The lowest BCUT2D eigenvalue weighted by Crippen LogP contribution is -2.06. The molecule has 0 spiro atoms. The standard InChI is InChI=1S/C7H7N3O3S/c1-14(11,12)13-7-9-5-3-2-4-8-6(5)10-7/h2-4H,1H3,(H,8,9,10). The largest absolute Gasteiger partial charge is 0.345 e. The van der Waals surface area contributed by atoms with E-state index in [0.717, 1.165) is 6.26 Å². The van der Waals surface area contributed by atoms with Crippen LogP contribution >= 0.6 is 0 Å². The molecule has 2 aromatic rings. The van der Waals surface area contributed by atoms with E-state index in [1.54, 1.807) is 18.3 Å². The number of pyridine rings is 1. The predicted octanol–water partition coefficient (Wildman–Crippen LogP) is 0.296. The van der Waals surface area contributed by atoms with Gasteiger partial charge in [-0.2, -0.15) is 13.4 Å². The van der Waals surface area contributed by atoms with E-state index in [0.29, 0.717) is 11.2 Å². The summed E-state index contributed by atoms with van der Waals surface area (Å²) in [5.41, 5.74) is 1.05. The molecule has 74 valence electrons. The Hall–Kier alpha value is -1.63. The molecule has 0 aliphatic carbocycles. The Balaban J connectivity index is 2.46. The van der Waals surface area contributed by atoms with Crippen LogP contribution in [0.3, 0.4) is 0 Å². The van der Waals surface area contributed by atoms with Crippen LogP contribution in [-0.4, -0.2) is 29.6 Å². The molecule has 0 aliphatic heterocycles. The van der Waals surface area contributed by atoms with Crippen LogP contribution in [0.2, 0.25) is 0 Å². The van der Waals surface area contributed by atoms with Crippen molar-refractivity contribution in [2.45, 2.75) is 0 Å². The number of imidazole rings is 1. The first kappa shape index (κ1) is 8.95. The average molecular weight is 213 g/mol. The lowest BCUT2D eigenvalue weighted by molar-refractivity contribution is 0.475. The summed E-state index contributed by atoms with van der Waals surface area (Å²) >= 11 is 0. The Bertz CT molecular complexity index is 527. The number of rotatable bonds is 2. The van der Waals surface area contributed by atoms with Crippen molar-refractivity contribution in [1.82, 2.24) is 15.0 Å². The number of nitrogens with one attached hydrogen (secondary N) is 1. The molecule has 0 amide bonds. The van der Waals surface area contributed by atoms with Crippen molar-refractivity contribution >= 4 is 21.3 Å². The number of H-pyrrole nitrogens is 1. The van der Waals surface area contributed by atoms with Gasteiger partial charge < -0.3 is 9.17 Å². The summed E-state index contributed by atoms with van der Waals surface area (Å²) in [6, 6.07) is 3.37. The first-order valence-electron chi connectivity index (χ1n) is 3.75. The molecule has 0 aliphatic rings. The minimum Gasteiger partial charge on any atom is -0.345 e. The average Bonchev–Trinajstić information content (AvgIpc) is 2.42. The van der Waals surface area contributed by atoms with Crippen LogP contribution in [0.5, 0.6) is 6.01 Å². The Morgan fingerprint density at radius 2 is 2.29 bits per heavy atom. The molecule has 0 unspecified atom stereocenters. The highest BCUT2D eigenvalue weighted by atomic mass is 32.2. The van der Waals surface area contributed by atoms with E-state index in [2.05, 4.69) is 19.1 Å². The van der Waals surface area contributed by atoms with E-state index < -0.39 is 10.1 Å². The Labute approximate surface area is 80.1 Å². The second-order valence-electron chi connectivity index (χ2n) is 2.70. The molecule has 2 aromatic heterocycles. The van der Waals surface area contributed by atoms with Gasteiger partial charge >= 0.3 is 16.1 Å². The summed E-state index contributed by atoms with van der Waals surface area (Å²) < 4.78 is 26.1. The molecule has 7 heteroatoms. The van der Waals surface area contributed by atoms with Gasteiger partial charge in [-0.1, -0.05) is 0 Å². The number of nitrogens with zero attached hydrogens (tertiary/aromatic N) is 2. The van der Waals surface area contributed by atoms with Crippen LogP contribution in [0.4, 0.5) is 0 Å². The molecular weight excluding hydrogens is 206 g/mol. The van der Waals surface area contributed by atoms with Gasteiger partial charge in [0, 0.05) is 6.20 Å². The second-order valence-corrected chi connectivity index (χ2v) is 4.28. The van der Waals surface area contributed by atoms with E-state index in [-0.39, 0.29) is 6.01 Å². The first-order valence-corrected chi connectivity index (χ1v) is 5.56. The molecule has 2 heterocycles. The quantitative estimate of drug-likeness (QED) is 0.725. The number of hydrogen-bond acceptors (Lipinski definition) is 5. The minimum absolute atomic E-state index is 0.0683. The highest BCUT2D eigenvalue weighted by Crippen LogP contribution is 2.13. The molecular formula is C7H7N3O3S. The highest BCUT2D eigenvalue weighted by Gasteiger charge is 2.09. The maximum absolute atomic E-state index is 10.8. The van der Waals surface area contributed by atoms with Crippen molar-refractivity contribution in [1.29, 1.82) is 0 Å². The highest BCUT2D eigenvalue weighted by molar-refractivity contribution is 7.86. The van der Waals surface area contributed by atoms with Crippen molar-refractivity contribution in [2.75, 3.05) is 6.26 Å². The second kappa shape index (κ2) is 2.95. The SMILES string of the molecule is CS(=O)(=O)Oc1nc2ncccc2[nH]1. The third kappa shape index (κ3) is 1.82. The van der Waals surface area contributed by atoms with Crippen molar-refractivity contribution in [3.63, 3.8) is 0 Å². The smallest absolute Gasteiger partial charge is 0.313 e. The van der Waals surface area contributed by atoms with Crippen LogP contribution < -0.4 is 4.18 Å². The molecule has 0 aromatic carbocycles. The maximum Gasteiger partial charge on any atom is 0.313 e. The van der Waals surface area contributed by atoms with Crippen LogP contribution in [0.1, 0.15) is 0 Å². The van der Waals surface area contributed by atoms with Gasteiger partial charge in [0.1, 0.15) is 0 Å². The molecule has 14 heavy (non-hydrogen) atoms. The van der Waals surface area contributed by atoms with Gasteiger partial charge in [0.05, 0.1) is 11.8 Å². The zero-order valence-corrected chi connectivity index (χ0v) is 8.08. The van der Waals surface area contributed by atoms with Crippen molar-refractivity contribution in [2.24, 2.45) is 0 Å². The van der Waals surface area contributed by atoms with E-state index in [1.165, 1.54) is 0 Å². The molecule has 0 atom stereocenters. The predicted molar refractivity (Wildman–Crippen MR) is 49.4 cm³/mol. The van der Waals surface area contributed by atoms with Crippen LogP contribution in [0.15, 0.2) is 18.3 Å². The summed E-state index contributed by atoms with van der Waals surface area (Å²) in [5.74, 6) is 0. The third-order valence-corrected chi connectivity index (χ3v) is 1.93. The van der Waals surface area contributed by atoms with Gasteiger partial charge in [-0.25, -0.2) is 4.98 Å². The fourth-order valence-electron chi connectivity index (χ4n) is 1.01. The molecule has 0 saturated carbocycles. The lowest BCUT2D eigenvalue weighted by Gasteiger charge is -1.94. The fraction of sp³-hybridized carbons (Fsp3) is 0.143. The molecule has 1 N–H and O–H groups in total. The van der Waals surface area contributed by atoms with Crippen molar-refractivity contribution in [3.8, 4) is 6.01 Å². The summed E-state index contributed by atoms with van der Waals surface area (Å²) in [4.78, 5) is 10.4. The van der Waals surface area contributed by atoms with Crippen LogP contribution in [-0.2, 0) is 10.1 Å². The maximum atomic E-state index is 10.8. The Morgan fingerprint density at radius 1 is 1.50 bits per heavy atom. The van der Waals surface area contributed by atoms with Crippen LogP contribution in [0, 0.1) is 0 Å². The van der Waals surface area contributed by atoms with Crippen molar-refractivity contribution in [3.05, 3.63) is 18.3 Å². The normalized spacial score (nSPS) is 11.8. The molecule has 0 radical (unpaired) electrons. The third-order valence-electron chi connectivity index (χ3n) is 1.47. The summed E-state index contributed by atoms with van der Waals surface area (Å²) in [6.07, 6.45) is 2.51. The number of aromatic nitrogens is 3. The number of aromatic amines is 1. The molecule has 0 fully saturated rings. The summed E-state index contributed by atoms with van der Waals surface area (Å²) in [7, 11) is -3.55. The van der Waals surface area contributed by atoms with Crippen molar-refractivity contribution < 1.29 is 12.6 Å². The summed E-state index contributed by atoms with van der Waals surface area (Å²) in [5, 5.41) is 0. The Morgan fingerprint density at radius 3 is 2.93 bits per heavy atom. The summed E-state index contributed by atoms with van der Waals surface area (Å²) in [6.45, 7) is 0. The molecule has 0 saturated heterocycles. The zero-order valence-electron chi connectivity index (χ0n) is 7.26. The minimum atomic E-state index is -3.55. The van der Waals surface area contributed by atoms with Crippen LogP contribution in [0.25, 0.3) is 11.2 Å². The zero-order chi connectivity index (χ0) is 10.2. The van der Waals surface area contributed by atoms with Gasteiger partial charge in [0.2, 0.25) is 0 Å². The Kier molecular flexibility index (Phi) is 1.88. The van der Waals surface area contributed by atoms with E-state index in [1.807, 2.05) is 0 Å². The van der Waals surface area contributed by atoms with Gasteiger partial charge in [-0.3, -0.25) is 0 Å². The first-order chi connectivity index (χ1) is 6.54. The van der Waals surface area contributed by atoms with Gasteiger partial charge in [-0.15, -0.1) is 0 Å². The van der Waals surface area contributed by atoms with Gasteiger partial charge in [-0.05, 0) is 12.1 Å². The van der Waals surface area contributed by atoms with Gasteiger partial charge in [0.25, 0.3) is 0 Å². The van der Waals surface area contributed by atoms with E-state index in [9.17, 15) is 8.42 Å². The molecule has 2 rings (SSSR count). The van der Waals surface area contributed by atoms with E-state index in [4.69, 9.17) is 0 Å². The number of fused-ring (bicyclic) bond motifs is 1. The molecule has 0 bridgehead atoms.